The maximum absolute atomic E-state index is 12.2. The van der Waals surface area contributed by atoms with E-state index >= 15 is 0 Å². The average Bonchev–Trinajstić information content (AvgIpc) is 2.90. The van der Waals surface area contributed by atoms with E-state index in [4.69, 9.17) is 0 Å². The lowest BCUT2D eigenvalue weighted by atomic mass is 9.83. The van der Waals surface area contributed by atoms with Crippen LogP contribution in [-0.4, -0.2) is 37.5 Å². The number of aryl methyl sites for hydroxylation is 1. The van der Waals surface area contributed by atoms with E-state index in [-0.39, 0.29) is 17.8 Å². The zero-order valence-corrected chi connectivity index (χ0v) is 14.6. The van der Waals surface area contributed by atoms with Gasteiger partial charge in [0.25, 0.3) is 0 Å². The largest absolute Gasteiger partial charge is 0.342 e. The zero-order valence-electron chi connectivity index (χ0n) is 13.8. The van der Waals surface area contributed by atoms with Crippen LogP contribution in [-0.2, 0) is 11.2 Å². The van der Waals surface area contributed by atoms with Crippen molar-refractivity contribution in [3.05, 3.63) is 35.9 Å². The van der Waals surface area contributed by atoms with Crippen molar-refractivity contribution in [2.45, 2.75) is 39.0 Å². The van der Waals surface area contributed by atoms with Crippen LogP contribution < -0.4 is 5.32 Å². The molecule has 1 saturated heterocycles. The van der Waals surface area contributed by atoms with E-state index in [0.717, 1.165) is 45.3 Å². The van der Waals surface area contributed by atoms with Gasteiger partial charge in [-0.3, -0.25) is 4.79 Å². The third kappa shape index (κ3) is 5.62. The van der Waals surface area contributed by atoms with Crippen LogP contribution in [0.1, 0.15) is 38.2 Å². The van der Waals surface area contributed by atoms with Gasteiger partial charge in [0.2, 0.25) is 5.91 Å². The Morgan fingerprint density at radius 1 is 1.32 bits per heavy atom. The second-order valence-corrected chi connectivity index (χ2v) is 6.57. The highest BCUT2D eigenvalue weighted by atomic mass is 35.5. The van der Waals surface area contributed by atoms with Crippen LogP contribution in [0.15, 0.2) is 30.3 Å². The highest BCUT2D eigenvalue weighted by Gasteiger charge is 2.35. The summed E-state index contributed by atoms with van der Waals surface area (Å²) >= 11 is 0. The van der Waals surface area contributed by atoms with Gasteiger partial charge in [-0.15, -0.1) is 12.4 Å². The minimum Gasteiger partial charge on any atom is -0.342 e. The Kier molecular flexibility index (Phi) is 7.91. The lowest BCUT2D eigenvalue weighted by Crippen LogP contribution is -2.31. The van der Waals surface area contributed by atoms with Gasteiger partial charge >= 0.3 is 0 Å². The zero-order chi connectivity index (χ0) is 15.1. The summed E-state index contributed by atoms with van der Waals surface area (Å²) in [6, 6.07) is 10.7. The molecule has 1 atom stereocenters. The fourth-order valence-electron chi connectivity index (χ4n) is 3.11. The molecule has 0 bridgehead atoms. The van der Waals surface area contributed by atoms with Crippen LogP contribution in [0, 0.1) is 5.41 Å². The van der Waals surface area contributed by atoms with Crippen LogP contribution >= 0.6 is 12.4 Å². The number of hydrogen-bond acceptors (Lipinski definition) is 2. The normalized spacial score (nSPS) is 20.7. The number of likely N-dealkylation sites (tertiary alicyclic amines) is 1. The molecule has 1 fully saturated rings. The standard InChI is InChI=1S/C18H28N2O.ClH/c1-18(11-10-16-7-4-3-5-8-16)12-14-20(15-18)17(21)9-6-13-19-2;/h3-5,7-8,19H,6,9-15H2,1-2H3;1H. The van der Waals surface area contributed by atoms with Gasteiger partial charge in [-0.05, 0) is 50.3 Å². The number of carbonyl (C=O) groups excluding carboxylic acids is 1. The summed E-state index contributed by atoms with van der Waals surface area (Å²) in [4.78, 5) is 14.3. The summed E-state index contributed by atoms with van der Waals surface area (Å²) in [5.74, 6) is 0.327. The summed E-state index contributed by atoms with van der Waals surface area (Å²) in [5, 5.41) is 3.10. The minimum atomic E-state index is 0. The van der Waals surface area contributed by atoms with Crippen molar-refractivity contribution in [3.8, 4) is 0 Å². The molecule has 0 saturated carbocycles. The summed E-state index contributed by atoms with van der Waals surface area (Å²) in [6.45, 7) is 5.11. The monoisotopic (exact) mass is 324 g/mol. The summed E-state index contributed by atoms with van der Waals surface area (Å²) in [7, 11) is 1.93. The van der Waals surface area contributed by atoms with Gasteiger partial charge < -0.3 is 10.2 Å². The quantitative estimate of drug-likeness (QED) is 0.781. The number of carbonyl (C=O) groups is 1. The van der Waals surface area contributed by atoms with Crippen LogP contribution in [0.2, 0.25) is 0 Å². The molecule has 1 aliphatic heterocycles. The predicted octanol–water partition coefficient (Wildman–Crippen LogP) is 3.28. The number of nitrogens with one attached hydrogen (secondary N) is 1. The molecule has 0 radical (unpaired) electrons. The molecule has 1 unspecified atom stereocenters. The van der Waals surface area contributed by atoms with E-state index < -0.39 is 0 Å². The summed E-state index contributed by atoms with van der Waals surface area (Å²) in [6.07, 6.45) is 5.02. The molecule has 2 rings (SSSR count). The molecule has 4 heteroatoms. The van der Waals surface area contributed by atoms with Crippen molar-refractivity contribution in [3.63, 3.8) is 0 Å². The molecule has 1 aliphatic rings. The van der Waals surface area contributed by atoms with Crippen molar-refractivity contribution in [2.24, 2.45) is 5.41 Å². The van der Waals surface area contributed by atoms with Gasteiger partial charge in [0.15, 0.2) is 0 Å². The number of rotatable bonds is 7. The van der Waals surface area contributed by atoms with Crippen LogP contribution in [0.25, 0.3) is 0 Å². The fourth-order valence-corrected chi connectivity index (χ4v) is 3.11. The predicted molar refractivity (Wildman–Crippen MR) is 94.5 cm³/mol. The van der Waals surface area contributed by atoms with Crippen molar-refractivity contribution in [1.82, 2.24) is 10.2 Å². The number of amides is 1. The molecule has 1 N–H and O–H groups in total. The first-order valence-electron chi connectivity index (χ1n) is 8.09. The average molecular weight is 325 g/mol. The second-order valence-electron chi connectivity index (χ2n) is 6.57. The molecular weight excluding hydrogens is 296 g/mol. The van der Waals surface area contributed by atoms with Gasteiger partial charge in [-0.25, -0.2) is 0 Å². The first-order chi connectivity index (χ1) is 10.1. The summed E-state index contributed by atoms with van der Waals surface area (Å²) < 4.78 is 0. The molecule has 124 valence electrons. The first kappa shape index (κ1) is 19.0. The Morgan fingerprint density at radius 3 is 2.73 bits per heavy atom. The van der Waals surface area contributed by atoms with Crippen LogP contribution in [0.3, 0.4) is 0 Å². The molecule has 1 aromatic rings. The first-order valence-corrected chi connectivity index (χ1v) is 8.09. The number of nitrogens with zero attached hydrogens (tertiary/aromatic N) is 1. The number of hydrogen-bond donors (Lipinski definition) is 1. The molecular formula is C18H29ClN2O. The molecule has 22 heavy (non-hydrogen) atoms. The van der Waals surface area contributed by atoms with Crippen molar-refractivity contribution in [2.75, 3.05) is 26.7 Å². The van der Waals surface area contributed by atoms with Crippen molar-refractivity contribution in [1.29, 1.82) is 0 Å². The third-order valence-corrected chi connectivity index (χ3v) is 4.59. The smallest absolute Gasteiger partial charge is 0.222 e. The molecule has 0 spiro atoms. The van der Waals surface area contributed by atoms with Gasteiger partial charge in [-0.1, -0.05) is 37.3 Å². The van der Waals surface area contributed by atoms with E-state index in [1.807, 2.05) is 7.05 Å². The Hall–Kier alpha value is -1.06. The van der Waals surface area contributed by atoms with E-state index in [0.29, 0.717) is 12.3 Å². The van der Waals surface area contributed by atoms with Crippen molar-refractivity contribution >= 4 is 18.3 Å². The Morgan fingerprint density at radius 2 is 2.05 bits per heavy atom. The minimum absolute atomic E-state index is 0. The molecule has 3 nitrogen and oxygen atoms in total. The van der Waals surface area contributed by atoms with E-state index in [9.17, 15) is 4.79 Å². The number of halogens is 1. The highest BCUT2D eigenvalue weighted by molar-refractivity contribution is 5.85. The lowest BCUT2D eigenvalue weighted by Gasteiger charge is -2.24. The Labute approximate surface area is 140 Å². The van der Waals surface area contributed by atoms with Crippen LogP contribution in [0.5, 0.6) is 0 Å². The maximum atomic E-state index is 12.2. The summed E-state index contributed by atoms with van der Waals surface area (Å²) in [5.41, 5.74) is 1.69. The van der Waals surface area contributed by atoms with Crippen molar-refractivity contribution < 1.29 is 4.79 Å². The van der Waals surface area contributed by atoms with Gasteiger partial charge in [0.1, 0.15) is 0 Å². The van der Waals surface area contributed by atoms with Gasteiger partial charge in [-0.2, -0.15) is 0 Å². The molecule has 1 amide bonds. The SMILES string of the molecule is CNCCCC(=O)N1CCC(C)(CCc2ccccc2)C1.Cl. The number of benzene rings is 1. The highest BCUT2D eigenvalue weighted by Crippen LogP contribution is 2.34. The third-order valence-electron chi connectivity index (χ3n) is 4.59. The molecule has 1 heterocycles. The van der Waals surface area contributed by atoms with Crippen LogP contribution in [0.4, 0.5) is 0 Å². The van der Waals surface area contributed by atoms with E-state index in [1.165, 1.54) is 5.56 Å². The second kappa shape index (κ2) is 9.16. The van der Waals surface area contributed by atoms with Gasteiger partial charge in [0, 0.05) is 19.5 Å². The maximum Gasteiger partial charge on any atom is 0.222 e. The van der Waals surface area contributed by atoms with Gasteiger partial charge in [0.05, 0.1) is 0 Å². The molecule has 0 aliphatic carbocycles. The molecule has 0 aromatic heterocycles. The lowest BCUT2D eigenvalue weighted by molar-refractivity contribution is -0.130. The Balaban J connectivity index is 0.00000242. The Bertz CT molecular complexity index is 452. The molecule has 1 aromatic carbocycles. The van der Waals surface area contributed by atoms with E-state index in [2.05, 4.69) is 47.5 Å². The fraction of sp³-hybridized carbons (Fsp3) is 0.611. The van der Waals surface area contributed by atoms with E-state index in [1.54, 1.807) is 0 Å². The topological polar surface area (TPSA) is 32.3 Å².